The molecule has 0 radical (unpaired) electrons. The number of halogens is 5. The van der Waals surface area contributed by atoms with Crippen molar-refractivity contribution in [3.8, 4) is 125 Å². The fraction of sp³-hybridized carbons (Fsp3) is 0.0261. The quantitative estimate of drug-likeness (QED) is 0.111. The van der Waals surface area contributed by atoms with Gasteiger partial charge >= 0.3 is 0 Å². The number of para-hydroxylation sites is 4. The van der Waals surface area contributed by atoms with E-state index >= 15 is 0 Å². The molecule has 7 aromatic heterocycles. The number of rotatable bonds is 11. The second-order valence-corrected chi connectivity index (χ2v) is 35.6. The summed E-state index contributed by atoms with van der Waals surface area (Å²) in [5.41, 5.74) is 18.8. The Labute approximate surface area is 814 Å². The SMILES string of the molecule is Brc1ccc(-c2nc(-c3ccccc3)nc(-c3ccccc3)n2)cc1.Brc1cccc(-c2nc(-c3ccccc3)nc(-c3ccccc3)n2)c1.CC1(C)c2ccccc2-c2ccc(-c3nc(Cl)nc(-c4ccccc4)n3)cc21.Clc1nc(-c2ccc3ccccc3c2)nc(-n2c3ccccc3c3ccccc32)n1.Clc1nc(-n2c3ccccc3c3cc4ccccc4cc32)c2ccccc2n1. The van der Waals surface area contributed by atoms with Crippen LogP contribution in [0.25, 0.3) is 201 Å². The summed E-state index contributed by atoms with van der Waals surface area (Å²) in [6.45, 7) is 4.52. The highest BCUT2D eigenvalue weighted by molar-refractivity contribution is 9.10. The molecule has 0 N–H and O–H groups in total. The van der Waals surface area contributed by atoms with Crippen LogP contribution in [-0.2, 0) is 5.41 Å². The molecule has 0 saturated heterocycles. The lowest BCUT2D eigenvalue weighted by molar-refractivity contribution is 0.660. The normalized spacial score (nSPS) is 11.7. The van der Waals surface area contributed by atoms with Crippen molar-refractivity contribution < 1.29 is 0 Å². The van der Waals surface area contributed by atoms with Gasteiger partial charge in [-0.25, -0.2) is 39.9 Å². The Balaban J connectivity index is 0.000000102. The van der Waals surface area contributed by atoms with Crippen LogP contribution < -0.4 is 0 Å². The average Bonchev–Trinajstić information content (AvgIpc) is 1.58. The van der Waals surface area contributed by atoms with Crippen molar-refractivity contribution in [2.75, 3.05) is 0 Å². The van der Waals surface area contributed by atoms with Crippen LogP contribution in [0, 0.1) is 0 Å². The first kappa shape index (κ1) is 86.8. The third-order valence-electron chi connectivity index (χ3n) is 23.8. The molecule has 24 aromatic rings. The molecular weight excluding hydrogens is 1870 g/mol. The van der Waals surface area contributed by atoms with Crippen molar-refractivity contribution in [3.05, 3.63) is 455 Å². The average molecular weight is 1950 g/mol. The van der Waals surface area contributed by atoms with Crippen molar-refractivity contribution in [3.63, 3.8) is 0 Å². The molecule has 17 aromatic carbocycles. The predicted octanol–water partition coefficient (Wildman–Crippen LogP) is 30.4. The fourth-order valence-electron chi connectivity index (χ4n) is 17.3. The van der Waals surface area contributed by atoms with Crippen LogP contribution in [0.3, 0.4) is 0 Å². The Bertz CT molecular complexity index is 8430. The van der Waals surface area contributed by atoms with E-state index in [1.165, 1.54) is 49.2 Å². The van der Waals surface area contributed by atoms with Crippen LogP contribution in [0.1, 0.15) is 25.0 Å². The zero-order valence-corrected chi connectivity index (χ0v) is 78.3. The Hall–Kier alpha value is -15.9. The summed E-state index contributed by atoms with van der Waals surface area (Å²) in [5.74, 6) is 7.06. The molecule has 25 rings (SSSR count). The molecule has 0 atom stereocenters. The van der Waals surface area contributed by atoms with Gasteiger partial charge in [0.05, 0.1) is 27.6 Å². The van der Waals surface area contributed by atoms with Crippen molar-refractivity contribution in [2.24, 2.45) is 0 Å². The number of nitrogens with zero attached hydrogens (tertiary/aromatic N) is 16. The minimum Gasteiger partial charge on any atom is -0.293 e. The molecule has 7 heterocycles. The highest BCUT2D eigenvalue weighted by Gasteiger charge is 2.36. The van der Waals surface area contributed by atoms with Gasteiger partial charge in [0.1, 0.15) is 0 Å². The van der Waals surface area contributed by atoms with Gasteiger partial charge in [-0.2, -0.15) is 29.9 Å². The van der Waals surface area contributed by atoms with Gasteiger partial charge < -0.3 is 0 Å². The van der Waals surface area contributed by atoms with Gasteiger partial charge in [-0.1, -0.05) is 385 Å². The molecular formula is C115H75Br2Cl3N16. The fourth-order valence-corrected chi connectivity index (χ4v) is 18.4. The smallest absolute Gasteiger partial charge is 0.239 e. The molecule has 0 bridgehead atoms. The highest BCUT2D eigenvalue weighted by Crippen LogP contribution is 2.50. The minimum absolute atomic E-state index is 0.0684. The minimum atomic E-state index is -0.0684. The van der Waals surface area contributed by atoms with Gasteiger partial charge in [0.25, 0.3) is 0 Å². The van der Waals surface area contributed by atoms with Gasteiger partial charge in [0.15, 0.2) is 58.2 Å². The number of benzene rings is 17. The van der Waals surface area contributed by atoms with Gasteiger partial charge in [-0.05, 0) is 157 Å². The largest absolute Gasteiger partial charge is 0.293 e. The Kier molecular flexibility index (Phi) is 24.5. The standard InChI is InChI=1S/C25H15ClN4.C24H14ClN3.C24H18ClN3.2C21H14BrN3/c26-24-27-23(18-14-13-16-7-1-2-8-17(16)15-18)28-25(29-24)30-21-11-5-3-9-19(21)20-10-4-6-12-22(20)30;25-24-26-20-11-5-3-10-18(20)23(27-24)28-21-12-6-4-9-17(21)19-13-15-7-1-2-8-16(15)14-22(19)28;1-24(2)19-11-7-6-10-17(19)18-13-12-16(14-20(18)24)22-26-21(27-23(25)28-22)15-8-4-3-5-9-15;22-18-13-7-12-17(14-18)21-24-19(15-8-3-1-4-9-15)23-20(25-21)16-10-5-2-6-11-16;22-18-13-11-17(12-14-18)21-24-19(15-7-3-1-4-8-15)23-20(25-21)16-9-5-2-6-10-16/h1-15H;1-14H;3-14H,1-2H3;2*1-14H. The Morgan fingerprint density at radius 2 is 0.566 bits per heavy atom. The first-order valence-electron chi connectivity index (χ1n) is 43.9. The molecule has 1 aliphatic carbocycles. The van der Waals surface area contributed by atoms with E-state index in [4.69, 9.17) is 59.7 Å². The lowest BCUT2D eigenvalue weighted by Gasteiger charge is -2.21. The maximum atomic E-state index is 6.36. The first-order valence-corrected chi connectivity index (χ1v) is 46.6. The van der Waals surface area contributed by atoms with Gasteiger partial charge in [0.2, 0.25) is 21.8 Å². The zero-order chi connectivity index (χ0) is 92.2. The molecule has 0 saturated carbocycles. The van der Waals surface area contributed by atoms with Gasteiger partial charge in [-0.3, -0.25) is 9.13 Å². The summed E-state index contributed by atoms with van der Waals surface area (Å²) in [6, 6.07) is 141. The molecule has 21 heteroatoms. The topological polar surface area (TPSA) is 190 Å². The molecule has 0 aliphatic heterocycles. The number of fused-ring (bicyclic) bond motifs is 12. The molecule has 0 spiro atoms. The summed E-state index contributed by atoms with van der Waals surface area (Å²) < 4.78 is 6.26. The van der Waals surface area contributed by atoms with E-state index < -0.39 is 0 Å². The third kappa shape index (κ3) is 18.1. The van der Waals surface area contributed by atoms with Gasteiger partial charge in [-0.15, -0.1) is 0 Å². The maximum absolute atomic E-state index is 6.36. The second-order valence-electron chi connectivity index (χ2n) is 32.7. The van der Waals surface area contributed by atoms with E-state index in [2.05, 4.69) is 247 Å². The molecule has 136 heavy (non-hydrogen) atoms. The molecule has 1 aliphatic rings. The van der Waals surface area contributed by atoms with Crippen molar-refractivity contribution in [1.82, 2.24) is 78.9 Å². The predicted molar refractivity (Wildman–Crippen MR) is 559 cm³/mol. The Morgan fingerprint density at radius 1 is 0.213 bits per heavy atom. The van der Waals surface area contributed by atoms with Crippen LogP contribution in [0.4, 0.5) is 0 Å². The van der Waals surface area contributed by atoms with E-state index in [1.807, 2.05) is 271 Å². The van der Waals surface area contributed by atoms with Crippen LogP contribution in [0.15, 0.2) is 428 Å². The van der Waals surface area contributed by atoms with E-state index in [0.29, 0.717) is 58.4 Å². The third-order valence-corrected chi connectivity index (χ3v) is 25.3. The highest BCUT2D eigenvalue weighted by atomic mass is 79.9. The van der Waals surface area contributed by atoms with Crippen LogP contribution in [0.2, 0.25) is 15.9 Å². The summed E-state index contributed by atoms with van der Waals surface area (Å²) in [6.07, 6.45) is 0. The maximum Gasteiger partial charge on any atom is 0.239 e. The monoisotopic (exact) mass is 1940 g/mol. The van der Waals surface area contributed by atoms with Crippen LogP contribution in [0.5, 0.6) is 0 Å². The van der Waals surface area contributed by atoms with E-state index in [1.54, 1.807) is 0 Å². The first-order chi connectivity index (χ1) is 66.7. The summed E-state index contributed by atoms with van der Waals surface area (Å²) >= 11 is 25.9. The molecule has 650 valence electrons. The zero-order valence-electron chi connectivity index (χ0n) is 72.9. The molecule has 16 nitrogen and oxygen atoms in total. The number of aromatic nitrogens is 16. The van der Waals surface area contributed by atoms with Crippen molar-refractivity contribution in [1.29, 1.82) is 0 Å². The second kappa shape index (κ2) is 38.3. The summed E-state index contributed by atoms with van der Waals surface area (Å²) in [7, 11) is 0. The molecule has 0 fully saturated rings. The molecule has 0 unspecified atom stereocenters. The van der Waals surface area contributed by atoms with Crippen LogP contribution in [-0.4, -0.2) is 78.9 Å². The summed E-state index contributed by atoms with van der Waals surface area (Å²) in [4.78, 5) is 64.3. The van der Waals surface area contributed by atoms with E-state index in [9.17, 15) is 0 Å². The van der Waals surface area contributed by atoms with Crippen molar-refractivity contribution >= 4 is 143 Å². The molecule has 0 amide bonds. The lowest BCUT2D eigenvalue weighted by Crippen LogP contribution is -2.15. The lowest BCUT2D eigenvalue weighted by atomic mass is 9.82. The van der Waals surface area contributed by atoms with E-state index in [-0.39, 0.29) is 21.3 Å². The Morgan fingerprint density at radius 3 is 1.10 bits per heavy atom. The van der Waals surface area contributed by atoms with Crippen LogP contribution >= 0.6 is 66.7 Å². The van der Waals surface area contributed by atoms with Gasteiger partial charge in [0, 0.05) is 91.4 Å². The number of hydrogen-bond donors (Lipinski definition) is 0. The van der Waals surface area contributed by atoms with E-state index in [0.717, 1.165) is 114 Å². The summed E-state index contributed by atoms with van der Waals surface area (Å²) in [5, 5.41) is 11.0. The van der Waals surface area contributed by atoms with Crippen molar-refractivity contribution in [2.45, 2.75) is 19.3 Å². The number of hydrogen-bond acceptors (Lipinski definition) is 14.